The molecular formula is C77H138O6. The second-order valence-corrected chi connectivity index (χ2v) is 24.5. The highest BCUT2D eigenvalue weighted by molar-refractivity contribution is 5.71. The van der Waals surface area contributed by atoms with Crippen LogP contribution in [0.5, 0.6) is 0 Å². The van der Waals surface area contributed by atoms with Crippen molar-refractivity contribution >= 4 is 17.9 Å². The molecule has 0 fully saturated rings. The molecular weight excluding hydrogens is 1020 g/mol. The molecule has 0 N–H and O–H groups in total. The predicted molar refractivity (Wildman–Crippen MR) is 362 cm³/mol. The lowest BCUT2D eigenvalue weighted by Gasteiger charge is -2.18. The van der Waals surface area contributed by atoms with Gasteiger partial charge in [-0.3, -0.25) is 14.4 Å². The summed E-state index contributed by atoms with van der Waals surface area (Å²) in [5.74, 6) is -0.854. The molecule has 0 saturated heterocycles. The van der Waals surface area contributed by atoms with Gasteiger partial charge in [0.25, 0.3) is 0 Å². The second-order valence-electron chi connectivity index (χ2n) is 24.5. The fourth-order valence-corrected chi connectivity index (χ4v) is 10.8. The maximum Gasteiger partial charge on any atom is 0.306 e. The van der Waals surface area contributed by atoms with Crippen molar-refractivity contribution in [1.29, 1.82) is 0 Å². The molecule has 0 aromatic heterocycles. The van der Waals surface area contributed by atoms with Gasteiger partial charge in [-0.05, 0) is 89.9 Å². The number of hydrogen-bond acceptors (Lipinski definition) is 6. The van der Waals surface area contributed by atoms with E-state index in [0.29, 0.717) is 19.3 Å². The molecule has 0 bridgehead atoms. The van der Waals surface area contributed by atoms with Gasteiger partial charge >= 0.3 is 17.9 Å². The summed E-state index contributed by atoms with van der Waals surface area (Å²) in [6, 6.07) is 0. The summed E-state index contributed by atoms with van der Waals surface area (Å²) in [6.45, 7) is 6.57. The van der Waals surface area contributed by atoms with Crippen LogP contribution in [0, 0.1) is 0 Å². The van der Waals surface area contributed by atoms with Crippen LogP contribution in [0.1, 0.15) is 380 Å². The van der Waals surface area contributed by atoms with E-state index in [1.54, 1.807) is 0 Å². The standard InChI is InChI=1S/C77H138O6/c1-4-7-10-13-16-19-22-25-28-29-30-31-32-33-34-35-36-37-38-39-40-41-42-43-44-45-46-47-50-52-55-58-61-64-67-70-76(79)82-73-74(83-77(80)71-68-65-62-59-56-53-49-27-24-21-18-15-12-9-6-3)72-81-75(78)69-66-63-60-57-54-51-48-26-23-20-17-14-11-8-5-2/h7,10,16,19,25,27-28,30-31,33-34,49,74H,4-6,8-9,11-15,17-18,20-24,26,29,32,35-48,50-73H2,1-3H3/b10-7-,19-16-,28-25-,31-30-,34-33-,49-27-. The summed E-state index contributed by atoms with van der Waals surface area (Å²) in [5, 5.41) is 0. The number of carbonyl (C=O) groups is 3. The maximum absolute atomic E-state index is 12.9. The zero-order chi connectivity index (χ0) is 59.9. The predicted octanol–water partition coefficient (Wildman–Crippen LogP) is 25.2. The fraction of sp³-hybridized carbons (Fsp3) is 0.805. The van der Waals surface area contributed by atoms with Crippen LogP contribution in [0.15, 0.2) is 72.9 Å². The number of unbranched alkanes of at least 4 members (excludes halogenated alkanes) is 44. The second kappa shape index (κ2) is 71.3. The molecule has 83 heavy (non-hydrogen) atoms. The van der Waals surface area contributed by atoms with Crippen LogP contribution in [0.4, 0.5) is 0 Å². The number of carbonyl (C=O) groups excluding carboxylic acids is 3. The van der Waals surface area contributed by atoms with E-state index in [1.165, 1.54) is 244 Å². The third-order valence-corrected chi connectivity index (χ3v) is 16.2. The van der Waals surface area contributed by atoms with Gasteiger partial charge in [-0.25, -0.2) is 0 Å². The van der Waals surface area contributed by atoms with Crippen LogP contribution in [-0.2, 0) is 28.6 Å². The summed E-state index contributed by atoms with van der Waals surface area (Å²) < 4.78 is 17.0. The molecule has 0 aliphatic rings. The Morgan fingerprint density at radius 3 is 0.747 bits per heavy atom. The van der Waals surface area contributed by atoms with Crippen LogP contribution in [0.25, 0.3) is 0 Å². The molecule has 0 spiro atoms. The Labute approximate surface area is 516 Å². The summed E-state index contributed by atoms with van der Waals surface area (Å²) in [7, 11) is 0. The molecule has 0 saturated carbocycles. The van der Waals surface area contributed by atoms with Gasteiger partial charge in [-0.2, -0.15) is 0 Å². The van der Waals surface area contributed by atoms with Crippen molar-refractivity contribution in [3.63, 3.8) is 0 Å². The largest absolute Gasteiger partial charge is 0.462 e. The molecule has 6 heteroatoms. The number of hydrogen-bond donors (Lipinski definition) is 0. The van der Waals surface area contributed by atoms with Crippen molar-refractivity contribution in [2.24, 2.45) is 0 Å². The molecule has 0 rings (SSSR count). The normalized spacial score (nSPS) is 12.5. The van der Waals surface area contributed by atoms with Crippen molar-refractivity contribution in [1.82, 2.24) is 0 Å². The average Bonchev–Trinajstić information content (AvgIpc) is 3.49. The van der Waals surface area contributed by atoms with Crippen molar-refractivity contribution in [3.05, 3.63) is 72.9 Å². The highest BCUT2D eigenvalue weighted by Gasteiger charge is 2.19. The minimum Gasteiger partial charge on any atom is -0.462 e. The minimum absolute atomic E-state index is 0.0715. The molecule has 1 atom stereocenters. The molecule has 0 amide bonds. The molecule has 482 valence electrons. The Bertz CT molecular complexity index is 1520. The zero-order valence-corrected chi connectivity index (χ0v) is 55.5. The minimum atomic E-state index is -0.776. The van der Waals surface area contributed by atoms with Crippen molar-refractivity contribution in [2.45, 2.75) is 386 Å². The van der Waals surface area contributed by atoms with Gasteiger partial charge in [0, 0.05) is 19.3 Å². The lowest BCUT2D eigenvalue weighted by atomic mass is 10.0. The number of rotatable bonds is 67. The first-order valence-electron chi connectivity index (χ1n) is 36.4. The van der Waals surface area contributed by atoms with Gasteiger partial charge in [0.15, 0.2) is 6.10 Å². The molecule has 0 radical (unpaired) electrons. The first-order valence-corrected chi connectivity index (χ1v) is 36.4. The molecule has 0 aromatic carbocycles. The highest BCUT2D eigenvalue weighted by atomic mass is 16.6. The van der Waals surface area contributed by atoms with Crippen molar-refractivity contribution in [2.75, 3.05) is 13.2 Å². The molecule has 0 aliphatic heterocycles. The number of allylic oxidation sites excluding steroid dienone is 12. The van der Waals surface area contributed by atoms with E-state index in [0.717, 1.165) is 96.3 Å². The van der Waals surface area contributed by atoms with E-state index in [4.69, 9.17) is 14.2 Å². The quantitative estimate of drug-likeness (QED) is 0.0261. The lowest BCUT2D eigenvalue weighted by molar-refractivity contribution is -0.167. The van der Waals surface area contributed by atoms with E-state index in [9.17, 15) is 14.4 Å². The number of esters is 3. The van der Waals surface area contributed by atoms with Crippen LogP contribution in [0.3, 0.4) is 0 Å². The average molecular weight is 1160 g/mol. The van der Waals surface area contributed by atoms with Gasteiger partial charge in [-0.15, -0.1) is 0 Å². The molecule has 0 aromatic rings. The van der Waals surface area contributed by atoms with Crippen LogP contribution < -0.4 is 0 Å². The van der Waals surface area contributed by atoms with Gasteiger partial charge in [0.05, 0.1) is 0 Å². The third-order valence-electron chi connectivity index (χ3n) is 16.2. The summed E-state index contributed by atoms with van der Waals surface area (Å²) in [4.78, 5) is 38.4. The van der Waals surface area contributed by atoms with E-state index >= 15 is 0 Å². The smallest absolute Gasteiger partial charge is 0.306 e. The molecule has 0 heterocycles. The van der Waals surface area contributed by atoms with Gasteiger partial charge in [0.1, 0.15) is 13.2 Å². The Morgan fingerprint density at radius 2 is 0.470 bits per heavy atom. The molecule has 1 unspecified atom stereocenters. The van der Waals surface area contributed by atoms with Crippen LogP contribution in [-0.4, -0.2) is 37.2 Å². The molecule has 0 aliphatic carbocycles. The molecule has 6 nitrogen and oxygen atoms in total. The van der Waals surface area contributed by atoms with E-state index in [-0.39, 0.29) is 31.1 Å². The fourth-order valence-electron chi connectivity index (χ4n) is 10.8. The van der Waals surface area contributed by atoms with Gasteiger partial charge in [-0.1, -0.05) is 344 Å². The summed E-state index contributed by atoms with van der Waals surface area (Å²) in [6.07, 6.45) is 93.7. The topological polar surface area (TPSA) is 78.9 Å². The van der Waals surface area contributed by atoms with Crippen molar-refractivity contribution in [3.8, 4) is 0 Å². The zero-order valence-electron chi connectivity index (χ0n) is 55.5. The third kappa shape index (κ3) is 69.5. The Balaban J connectivity index is 4.12. The lowest BCUT2D eigenvalue weighted by Crippen LogP contribution is -2.30. The van der Waals surface area contributed by atoms with Crippen molar-refractivity contribution < 1.29 is 28.6 Å². The van der Waals surface area contributed by atoms with E-state index < -0.39 is 6.10 Å². The van der Waals surface area contributed by atoms with Gasteiger partial charge < -0.3 is 14.2 Å². The van der Waals surface area contributed by atoms with Crippen LogP contribution in [0.2, 0.25) is 0 Å². The summed E-state index contributed by atoms with van der Waals surface area (Å²) in [5.41, 5.74) is 0. The SMILES string of the molecule is CC/C=C\C/C=C\C/C=C\C/C=C\C/C=C\CCCCCCCCCCCCCCCCCCCCCC(=O)OCC(COC(=O)CCCCCCCCCCCCCCCCC)OC(=O)CCCCCCC/C=C\CCCCCCCC. The monoisotopic (exact) mass is 1160 g/mol. The van der Waals surface area contributed by atoms with Crippen LogP contribution >= 0.6 is 0 Å². The summed E-state index contributed by atoms with van der Waals surface area (Å²) >= 11 is 0. The number of ether oxygens (including phenoxy) is 3. The maximum atomic E-state index is 12.9. The van der Waals surface area contributed by atoms with Gasteiger partial charge in [0.2, 0.25) is 0 Å². The Morgan fingerprint density at radius 1 is 0.253 bits per heavy atom. The van der Waals surface area contributed by atoms with E-state index in [1.807, 2.05) is 0 Å². The Kier molecular flexibility index (Phi) is 68.6. The first-order chi connectivity index (χ1) is 41.0. The highest BCUT2D eigenvalue weighted by Crippen LogP contribution is 2.18. The van der Waals surface area contributed by atoms with E-state index in [2.05, 4.69) is 93.7 Å². The Hall–Kier alpha value is -3.15. The first kappa shape index (κ1) is 79.8.